The molecule has 87 heavy (non-hydrogen) atoms. The number of aliphatic hydroxyl groups is 2. The van der Waals surface area contributed by atoms with E-state index in [9.17, 15) is 53.4 Å². The van der Waals surface area contributed by atoms with Gasteiger partial charge in [0.25, 0.3) is 5.91 Å². The van der Waals surface area contributed by atoms with Crippen LogP contribution in [0, 0.1) is 29.6 Å². The summed E-state index contributed by atoms with van der Waals surface area (Å²) in [5.41, 5.74) is -1.56. The summed E-state index contributed by atoms with van der Waals surface area (Å²) < 4.78 is 5.52. The van der Waals surface area contributed by atoms with Crippen LogP contribution in [0.3, 0.4) is 0 Å². The van der Waals surface area contributed by atoms with Gasteiger partial charge in [-0.3, -0.25) is 52.8 Å². The third-order valence-electron chi connectivity index (χ3n) is 15.6. The first-order valence-corrected chi connectivity index (χ1v) is 32.1. The van der Waals surface area contributed by atoms with Crippen LogP contribution in [0.1, 0.15) is 149 Å². The molecule has 7 N–H and O–H groups in total. The van der Waals surface area contributed by atoms with Gasteiger partial charge < -0.3 is 66.0 Å². The van der Waals surface area contributed by atoms with Crippen LogP contribution in [0.5, 0.6) is 0 Å². The third-order valence-corrected chi connectivity index (χ3v) is 17.0. The summed E-state index contributed by atoms with van der Waals surface area (Å²) in [5.74, 6) is -6.95. The number of hydrogen-bond acceptors (Lipinski definition) is 15. The molecule has 1 saturated heterocycles. The lowest BCUT2D eigenvalue weighted by atomic mass is 9.92. The van der Waals surface area contributed by atoms with E-state index in [1.165, 1.54) is 89.6 Å². The maximum atomic E-state index is 15.2. The number of likely N-dealkylation sites (N-methyl/N-ethyl adjacent to an activating group) is 6. The van der Waals surface area contributed by atoms with Crippen molar-refractivity contribution in [1.82, 2.24) is 56.0 Å². The number of carbonyl (C=O) groups is 10. The van der Waals surface area contributed by atoms with Crippen LogP contribution in [-0.4, -0.2) is 245 Å². The highest BCUT2D eigenvalue weighted by Crippen LogP contribution is 2.26. The number of nitrogens with zero attached hydrogens (tertiary/aromatic N) is 6. The molecule has 1 aliphatic heterocycles. The number of hydrogen-bond donors (Lipinski definition) is 7. The normalized spacial score (nSPS) is 17.0. The zero-order valence-electron chi connectivity index (χ0n) is 56.5. The number of morpholine rings is 1. The van der Waals surface area contributed by atoms with E-state index >= 15 is 4.79 Å². The number of allylic oxidation sites excluding steroid dienone is 2. The number of amides is 10. The Bertz CT molecular complexity index is 2280. The molecule has 1 heterocycles. The first-order chi connectivity index (χ1) is 40.4. The molecule has 0 bridgehead atoms. The highest BCUT2D eigenvalue weighted by Gasteiger charge is 2.43. The lowest BCUT2D eigenvalue weighted by Crippen LogP contribution is -2.62. The molecule has 0 aliphatic carbocycles. The summed E-state index contributed by atoms with van der Waals surface area (Å²) in [6, 6.07) is -9.50. The van der Waals surface area contributed by atoms with Crippen molar-refractivity contribution in [2.24, 2.45) is 29.6 Å². The summed E-state index contributed by atoms with van der Waals surface area (Å²) in [5, 5.41) is 35.3. The minimum atomic E-state index is -1.56. The highest BCUT2D eigenvalue weighted by atomic mass is 32.2. The van der Waals surface area contributed by atoms with Crippen LogP contribution in [0.4, 0.5) is 0 Å². The van der Waals surface area contributed by atoms with Crippen molar-refractivity contribution >= 4 is 70.8 Å². The zero-order valence-corrected chi connectivity index (χ0v) is 57.3. The molecule has 0 aromatic heterocycles. The molecular formula is C62H113N11O13S. The van der Waals surface area contributed by atoms with Gasteiger partial charge in [-0.1, -0.05) is 81.4 Å². The van der Waals surface area contributed by atoms with E-state index in [0.717, 1.165) is 29.8 Å². The maximum absolute atomic E-state index is 15.2. The molecule has 0 aromatic carbocycles. The van der Waals surface area contributed by atoms with Crippen LogP contribution in [0.2, 0.25) is 0 Å². The second-order valence-electron chi connectivity index (χ2n) is 25.7. The molecule has 1 fully saturated rings. The predicted octanol–water partition coefficient (Wildman–Crippen LogP) is 2.59. The number of rotatable bonds is 37. The molecule has 24 nitrogen and oxygen atoms in total. The van der Waals surface area contributed by atoms with E-state index in [0.29, 0.717) is 44.8 Å². The Labute approximate surface area is 524 Å². The summed E-state index contributed by atoms with van der Waals surface area (Å²) in [6.45, 7) is 29.1. The number of thioether (sulfide) groups is 1. The summed E-state index contributed by atoms with van der Waals surface area (Å²) in [7, 11) is 8.65. The lowest BCUT2D eigenvalue weighted by Gasteiger charge is -2.38. The van der Waals surface area contributed by atoms with Gasteiger partial charge in [0.1, 0.15) is 48.3 Å². The van der Waals surface area contributed by atoms with Gasteiger partial charge in [0.2, 0.25) is 53.2 Å². The fourth-order valence-electron chi connectivity index (χ4n) is 10.1. The average Bonchev–Trinajstić information content (AvgIpc) is 2.18. The second-order valence-corrected chi connectivity index (χ2v) is 26.9. The first-order valence-electron chi connectivity index (χ1n) is 31.1. The molecular weight excluding hydrogens is 1140 g/mol. The van der Waals surface area contributed by atoms with Crippen molar-refractivity contribution in [1.29, 1.82) is 0 Å². The Morgan fingerprint density at radius 2 is 1.15 bits per heavy atom. The monoisotopic (exact) mass is 1250 g/mol. The number of nitrogens with one attached hydrogen (secondary N) is 5. The van der Waals surface area contributed by atoms with Gasteiger partial charge in [-0.25, -0.2) is 0 Å². The highest BCUT2D eigenvalue weighted by molar-refractivity contribution is 8.00. The van der Waals surface area contributed by atoms with Crippen LogP contribution in [0.25, 0.3) is 0 Å². The molecule has 10 amide bonds. The van der Waals surface area contributed by atoms with Gasteiger partial charge in [0, 0.05) is 68.2 Å². The van der Waals surface area contributed by atoms with Gasteiger partial charge in [-0.05, 0) is 109 Å². The zero-order chi connectivity index (χ0) is 67.0. The standard InChI is InChI=1S/C62H113N11O13S/c1-22-24-26-41(11)51(75)50(71(20)48(74)35-39(7)8)56(80)66-44(23-2)58(82)72(21)61(87-32-25-27-73-28-30-86-31-29-73)60(84)70(19)47(36-62(14,15)85)55(79)67-49(40(9)10)59(83)69(18)46(34-38(5)6)54(78)64-42(12)52(76)65-43(13)57(81)68(17)45(33-37(3)4)53(77)63-16/h22,24,37-47,49-51,61,75,85H,23,25-36H2,1-21H3,(H,63,77)(H,64,78)(H,65,76)(H,66,80)(H,67,79)/b24-22+/t41-,42+,43-,44+,45+,46+,47+,49+,50+,51?,61-/m1/s1. The molecule has 500 valence electrons. The lowest BCUT2D eigenvalue weighted by molar-refractivity contribution is -0.149. The number of aliphatic hydroxyl groups excluding tert-OH is 1. The van der Waals surface area contributed by atoms with Crippen molar-refractivity contribution in [3.8, 4) is 0 Å². The number of ether oxygens (including phenoxy) is 1. The van der Waals surface area contributed by atoms with Crippen molar-refractivity contribution in [2.75, 3.05) is 80.9 Å². The van der Waals surface area contributed by atoms with Crippen LogP contribution in [-0.2, 0) is 52.7 Å². The molecule has 1 rings (SSSR count). The van der Waals surface area contributed by atoms with E-state index in [1.54, 1.807) is 27.7 Å². The molecule has 0 radical (unpaired) electrons. The smallest absolute Gasteiger partial charge is 0.256 e. The summed E-state index contributed by atoms with van der Waals surface area (Å²) in [4.78, 5) is 150. The topological polar surface area (TPSA) is 300 Å². The van der Waals surface area contributed by atoms with Gasteiger partial charge >= 0.3 is 0 Å². The minimum Gasteiger partial charge on any atom is -0.390 e. The van der Waals surface area contributed by atoms with Crippen molar-refractivity contribution in [3.63, 3.8) is 0 Å². The van der Waals surface area contributed by atoms with Crippen LogP contribution >= 0.6 is 11.8 Å². The predicted molar refractivity (Wildman–Crippen MR) is 339 cm³/mol. The Morgan fingerprint density at radius 1 is 0.632 bits per heavy atom. The van der Waals surface area contributed by atoms with Crippen LogP contribution < -0.4 is 26.6 Å². The van der Waals surface area contributed by atoms with Gasteiger partial charge in [-0.2, -0.15) is 0 Å². The van der Waals surface area contributed by atoms with Crippen molar-refractivity contribution in [2.45, 2.75) is 214 Å². The fraction of sp³-hybridized carbons (Fsp3) is 0.806. The van der Waals surface area contributed by atoms with E-state index < -0.39 is 125 Å². The van der Waals surface area contributed by atoms with Gasteiger partial charge in [-0.15, -0.1) is 11.8 Å². The van der Waals surface area contributed by atoms with Crippen molar-refractivity contribution < 1.29 is 62.9 Å². The molecule has 0 saturated carbocycles. The molecule has 0 aromatic rings. The summed E-state index contributed by atoms with van der Waals surface area (Å²) in [6.07, 6.45) is 3.77. The molecule has 1 aliphatic rings. The fourth-order valence-corrected chi connectivity index (χ4v) is 11.3. The molecule has 25 heteroatoms. The Morgan fingerprint density at radius 3 is 1.64 bits per heavy atom. The minimum absolute atomic E-state index is 0.0439. The van der Waals surface area contributed by atoms with Crippen LogP contribution in [0.15, 0.2) is 12.2 Å². The Kier molecular flexibility index (Phi) is 35.0. The third kappa shape index (κ3) is 25.9. The van der Waals surface area contributed by atoms with Gasteiger partial charge in [0.15, 0.2) is 5.37 Å². The van der Waals surface area contributed by atoms with Gasteiger partial charge in [0.05, 0.1) is 24.9 Å². The first kappa shape index (κ1) is 79.6. The van der Waals surface area contributed by atoms with E-state index in [4.69, 9.17) is 4.74 Å². The SMILES string of the molecule is C/C=C/C[C@@H](C)C(O)[C@@H](C(=O)N[C@@H](CC)C(=O)N(C)[C@H](SCCCN1CCOCC1)C(=O)N(C)[C@@H](CC(C)(C)O)C(=O)N[C@H](C(=O)N(C)[C@@H](CC(C)C)C(=O)N[C@@H](C)C(=O)N[C@H](C)C(=O)N(C)[C@@H](CC(C)C)C(=O)NC)C(C)C)N(C)C(=O)CC(C)C. The Hall–Kier alpha value is -5.37. The van der Waals surface area contributed by atoms with Crippen molar-refractivity contribution in [3.05, 3.63) is 12.2 Å². The Balaban J connectivity index is 3.70. The second kappa shape index (κ2) is 38.2. The summed E-state index contributed by atoms with van der Waals surface area (Å²) >= 11 is 1.16. The molecule has 0 spiro atoms. The number of carbonyl (C=O) groups excluding carboxylic acids is 10. The molecule has 11 atom stereocenters. The maximum Gasteiger partial charge on any atom is 0.256 e. The quantitative estimate of drug-likeness (QED) is 0.0267. The molecule has 1 unspecified atom stereocenters. The largest absolute Gasteiger partial charge is 0.390 e. The van der Waals surface area contributed by atoms with E-state index in [1.807, 2.05) is 60.6 Å². The average molecular weight is 1250 g/mol. The van der Waals surface area contributed by atoms with E-state index in [-0.39, 0.29) is 55.3 Å². The van der Waals surface area contributed by atoms with E-state index in [2.05, 4.69) is 31.5 Å².